The smallest absolute Gasteiger partial charge is 0.0178 e. The predicted molar refractivity (Wildman–Crippen MR) is 68.0 cm³/mol. The van der Waals surface area contributed by atoms with E-state index in [0.29, 0.717) is 4.83 Å². The van der Waals surface area contributed by atoms with Gasteiger partial charge in [-0.25, -0.2) is 0 Å². The Kier molecular flexibility index (Phi) is 3.33. The van der Waals surface area contributed by atoms with E-state index >= 15 is 0 Å². The molecule has 1 aromatic carbocycles. The van der Waals surface area contributed by atoms with Crippen molar-refractivity contribution in [2.75, 3.05) is 0 Å². The Morgan fingerprint density at radius 1 is 1.29 bits per heavy atom. The molecule has 14 heavy (non-hydrogen) atoms. The van der Waals surface area contributed by atoms with Crippen molar-refractivity contribution in [2.45, 2.75) is 30.5 Å². The predicted octanol–water partition coefficient (Wildman–Crippen LogP) is 4.73. The minimum Gasteiger partial charge on any atom is -0.0888 e. The minimum atomic E-state index is 0.700. The summed E-state index contributed by atoms with van der Waals surface area (Å²) in [6.07, 6.45) is 2.62. The normalized spacial score (nSPS) is 32.1. The van der Waals surface area contributed by atoms with Gasteiger partial charge >= 0.3 is 0 Å². The molecular weight excluding hydrogens is 304 g/mol. The van der Waals surface area contributed by atoms with Gasteiger partial charge < -0.3 is 0 Å². The third-order valence-corrected chi connectivity index (χ3v) is 5.02. The maximum Gasteiger partial charge on any atom is 0.0178 e. The van der Waals surface area contributed by atoms with Gasteiger partial charge in [-0.05, 0) is 42.4 Å². The van der Waals surface area contributed by atoms with Crippen LogP contribution in [0.15, 0.2) is 28.7 Å². The lowest BCUT2D eigenvalue weighted by Gasteiger charge is -2.17. The third kappa shape index (κ3) is 2.06. The first-order valence-corrected chi connectivity index (χ1v) is 6.79. The molecule has 0 aliphatic heterocycles. The van der Waals surface area contributed by atoms with Gasteiger partial charge in [0.25, 0.3) is 0 Å². The van der Waals surface area contributed by atoms with E-state index in [0.717, 1.165) is 11.8 Å². The third-order valence-electron chi connectivity index (χ3n) is 3.24. The van der Waals surface area contributed by atoms with Gasteiger partial charge in [-0.2, -0.15) is 0 Å². The number of alkyl halides is 1. The second-order valence-corrected chi connectivity index (χ2v) is 6.21. The number of hydrogen-bond acceptors (Lipinski definition) is 0. The van der Waals surface area contributed by atoms with E-state index in [1.54, 1.807) is 0 Å². The molecule has 0 radical (unpaired) electrons. The zero-order valence-electron chi connectivity index (χ0n) is 8.21. The quantitative estimate of drug-likeness (QED) is 0.657. The Hall–Kier alpha value is 0.180. The number of halogens is 2. The molecule has 2 heteroatoms. The van der Waals surface area contributed by atoms with E-state index in [9.17, 15) is 0 Å². The molecule has 1 saturated carbocycles. The van der Waals surface area contributed by atoms with Crippen LogP contribution in [0.2, 0.25) is 0 Å². The van der Waals surface area contributed by atoms with Crippen LogP contribution in [0, 0.1) is 5.92 Å². The molecule has 0 bridgehead atoms. The lowest BCUT2D eigenvalue weighted by Crippen LogP contribution is -2.08. The van der Waals surface area contributed by atoms with E-state index in [-0.39, 0.29) is 0 Å². The molecule has 0 amide bonds. The fourth-order valence-electron chi connectivity index (χ4n) is 2.32. The fourth-order valence-corrected chi connectivity index (χ4v) is 3.37. The maximum absolute atomic E-state index is 3.75. The van der Waals surface area contributed by atoms with E-state index < -0.39 is 0 Å². The Balaban J connectivity index is 2.23. The van der Waals surface area contributed by atoms with Crippen molar-refractivity contribution in [2.24, 2.45) is 5.92 Å². The fraction of sp³-hybridized carbons (Fsp3) is 0.500. The zero-order chi connectivity index (χ0) is 10.1. The van der Waals surface area contributed by atoms with Gasteiger partial charge in [0.15, 0.2) is 0 Å². The summed E-state index contributed by atoms with van der Waals surface area (Å²) in [5, 5.41) is 0. The summed E-state index contributed by atoms with van der Waals surface area (Å²) in [7, 11) is 0. The Morgan fingerprint density at radius 2 is 2.07 bits per heavy atom. The van der Waals surface area contributed by atoms with Gasteiger partial charge in [-0.1, -0.05) is 50.9 Å². The van der Waals surface area contributed by atoms with E-state index in [4.69, 9.17) is 0 Å². The van der Waals surface area contributed by atoms with Gasteiger partial charge in [-0.3, -0.25) is 0 Å². The molecule has 2 rings (SSSR count). The number of hydrogen-bond donors (Lipinski definition) is 0. The molecule has 0 aromatic heterocycles. The summed E-state index contributed by atoms with van der Waals surface area (Å²) in [6.45, 7) is 2.35. The van der Waals surface area contributed by atoms with Crippen LogP contribution < -0.4 is 0 Å². The highest BCUT2D eigenvalue weighted by atomic mass is 79.9. The average molecular weight is 318 g/mol. The molecule has 3 unspecified atom stereocenters. The van der Waals surface area contributed by atoms with Crippen molar-refractivity contribution < 1.29 is 0 Å². The lowest BCUT2D eigenvalue weighted by molar-refractivity contribution is 0.544. The second-order valence-electron chi connectivity index (χ2n) is 4.11. The average Bonchev–Trinajstić information content (AvgIpc) is 2.48. The lowest BCUT2D eigenvalue weighted by atomic mass is 9.90. The molecule has 1 aromatic rings. The van der Waals surface area contributed by atoms with E-state index in [1.807, 2.05) is 0 Å². The first-order chi connectivity index (χ1) is 6.68. The van der Waals surface area contributed by atoms with Gasteiger partial charge in [0.1, 0.15) is 0 Å². The molecule has 0 saturated heterocycles. The number of rotatable bonds is 1. The highest BCUT2D eigenvalue weighted by Gasteiger charge is 2.31. The van der Waals surface area contributed by atoms with Crippen LogP contribution in [0.3, 0.4) is 0 Å². The minimum absolute atomic E-state index is 0.700. The largest absolute Gasteiger partial charge is 0.0888 e. The van der Waals surface area contributed by atoms with Crippen LogP contribution in [-0.4, -0.2) is 4.83 Å². The molecule has 1 aliphatic rings. The van der Waals surface area contributed by atoms with Crippen LogP contribution in [0.25, 0.3) is 0 Å². The Bertz CT molecular complexity index is 322. The van der Waals surface area contributed by atoms with Crippen LogP contribution in [-0.2, 0) is 0 Å². The monoisotopic (exact) mass is 316 g/mol. The molecule has 1 fully saturated rings. The molecule has 0 nitrogen and oxygen atoms in total. The molecule has 3 atom stereocenters. The summed E-state index contributed by atoms with van der Waals surface area (Å²) in [5.74, 6) is 1.49. The van der Waals surface area contributed by atoms with Crippen molar-refractivity contribution in [3.8, 4) is 0 Å². The van der Waals surface area contributed by atoms with Gasteiger partial charge in [0, 0.05) is 9.30 Å². The van der Waals surface area contributed by atoms with E-state index in [2.05, 4.69) is 63.0 Å². The zero-order valence-corrected chi connectivity index (χ0v) is 11.4. The van der Waals surface area contributed by atoms with Crippen molar-refractivity contribution in [1.29, 1.82) is 0 Å². The highest BCUT2D eigenvalue weighted by Crippen LogP contribution is 2.43. The first-order valence-electron chi connectivity index (χ1n) is 5.08. The van der Waals surface area contributed by atoms with Crippen molar-refractivity contribution in [3.05, 3.63) is 34.3 Å². The van der Waals surface area contributed by atoms with E-state index in [1.165, 1.54) is 22.9 Å². The summed E-state index contributed by atoms with van der Waals surface area (Å²) in [4.78, 5) is 0.700. The maximum atomic E-state index is 3.75. The second kappa shape index (κ2) is 4.36. The molecule has 0 spiro atoms. The summed E-state index contributed by atoms with van der Waals surface area (Å²) in [5.41, 5.74) is 1.48. The standard InChI is InChI=1S/C12H14Br2/c1-8-11(5-6-12(8)14)9-3-2-4-10(13)7-9/h2-4,7-8,11-12H,5-6H2,1H3. The molecule has 0 heterocycles. The van der Waals surface area contributed by atoms with Gasteiger partial charge in [-0.15, -0.1) is 0 Å². The van der Waals surface area contributed by atoms with Crippen LogP contribution >= 0.6 is 31.9 Å². The summed E-state index contributed by atoms with van der Waals surface area (Å²) in [6, 6.07) is 8.73. The van der Waals surface area contributed by atoms with Gasteiger partial charge in [0.2, 0.25) is 0 Å². The molecular formula is C12H14Br2. The Labute approximate surface area is 102 Å². The van der Waals surface area contributed by atoms with Crippen LogP contribution in [0.1, 0.15) is 31.2 Å². The van der Waals surface area contributed by atoms with Gasteiger partial charge in [0.05, 0.1) is 0 Å². The Morgan fingerprint density at radius 3 is 2.64 bits per heavy atom. The SMILES string of the molecule is CC1C(Br)CCC1c1cccc(Br)c1. The summed E-state index contributed by atoms with van der Waals surface area (Å²) < 4.78 is 1.19. The molecule has 0 N–H and O–H groups in total. The number of benzene rings is 1. The van der Waals surface area contributed by atoms with Crippen LogP contribution in [0.4, 0.5) is 0 Å². The topological polar surface area (TPSA) is 0 Å². The molecule has 1 aliphatic carbocycles. The van der Waals surface area contributed by atoms with Crippen molar-refractivity contribution in [1.82, 2.24) is 0 Å². The van der Waals surface area contributed by atoms with Crippen LogP contribution in [0.5, 0.6) is 0 Å². The summed E-state index contributed by atoms with van der Waals surface area (Å²) >= 11 is 7.28. The first kappa shape index (κ1) is 10.7. The molecule has 76 valence electrons. The van der Waals surface area contributed by atoms with Crippen molar-refractivity contribution >= 4 is 31.9 Å². The van der Waals surface area contributed by atoms with Crippen molar-refractivity contribution in [3.63, 3.8) is 0 Å². The highest BCUT2D eigenvalue weighted by molar-refractivity contribution is 9.10.